The number of aromatic nitrogens is 1. The second-order valence-corrected chi connectivity index (χ2v) is 9.52. The van der Waals surface area contributed by atoms with Gasteiger partial charge in [-0.1, -0.05) is 23.9 Å². The van der Waals surface area contributed by atoms with Gasteiger partial charge in [0.2, 0.25) is 0 Å². The maximum absolute atomic E-state index is 14.1. The highest BCUT2D eigenvalue weighted by Gasteiger charge is 2.35. The Hall–Kier alpha value is -3.94. The van der Waals surface area contributed by atoms with Crippen LogP contribution < -0.4 is 0 Å². The average molecular weight is 587 g/mol. The standard InChI is InChI=1S/C26H18F8N4OS/c1-14-10-35-38(12-23(14)36-15(2)18-4-3-5-21(27)24(18)28)11-16-8-22(37-39-16)19-7-6-17(40-13-25(29,30)31)9-20(19)26(32,33)34/h3-10,12H,1,11,13H2,2H3. The number of thioether (sulfide) groups is 1. The molecule has 5 nitrogen and oxygen atoms in total. The number of hydrazone groups is 1. The van der Waals surface area contributed by atoms with Crippen LogP contribution in [0, 0.1) is 11.6 Å². The molecule has 210 valence electrons. The summed E-state index contributed by atoms with van der Waals surface area (Å²) in [6.07, 6.45) is -6.63. The highest BCUT2D eigenvalue weighted by atomic mass is 32.2. The van der Waals surface area contributed by atoms with Gasteiger partial charge in [0.25, 0.3) is 0 Å². The third kappa shape index (κ3) is 6.97. The molecule has 3 aromatic rings. The fourth-order valence-corrected chi connectivity index (χ4v) is 4.28. The first-order valence-corrected chi connectivity index (χ1v) is 12.3. The summed E-state index contributed by atoms with van der Waals surface area (Å²) in [5.41, 5.74) is -0.971. The number of benzene rings is 2. The van der Waals surface area contributed by atoms with E-state index >= 15 is 0 Å². The van der Waals surface area contributed by atoms with E-state index in [1.165, 1.54) is 42.5 Å². The molecule has 4 rings (SSSR count). The highest BCUT2D eigenvalue weighted by molar-refractivity contribution is 7.99. The van der Waals surface area contributed by atoms with Crippen LogP contribution in [0.25, 0.3) is 11.3 Å². The van der Waals surface area contributed by atoms with Gasteiger partial charge in [0.1, 0.15) is 12.2 Å². The number of nitrogens with zero attached hydrogens (tertiary/aromatic N) is 4. The minimum Gasteiger partial charge on any atom is -0.359 e. The highest BCUT2D eigenvalue weighted by Crippen LogP contribution is 2.40. The van der Waals surface area contributed by atoms with Crippen molar-refractivity contribution in [1.29, 1.82) is 0 Å². The number of rotatable bonds is 7. The number of allylic oxidation sites excluding steroid dienone is 1. The van der Waals surface area contributed by atoms with Gasteiger partial charge in [0.15, 0.2) is 17.4 Å². The summed E-state index contributed by atoms with van der Waals surface area (Å²) in [6.45, 7) is 5.20. The van der Waals surface area contributed by atoms with Crippen LogP contribution in [0.1, 0.15) is 23.8 Å². The predicted molar refractivity (Wildman–Crippen MR) is 134 cm³/mol. The summed E-state index contributed by atoms with van der Waals surface area (Å²) in [6, 6.07) is 7.74. The van der Waals surface area contributed by atoms with E-state index < -0.39 is 35.3 Å². The van der Waals surface area contributed by atoms with E-state index in [2.05, 4.69) is 21.8 Å². The lowest BCUT2D eigenvalue weighted by molar-refractivity contribution is -0.137. The molecule has 0 unspecified atom stereocenters. The van der Waals surface area contributed by atoms with Crippen LogP contribution in [0.2, 0.25) is 0 Å². The third-order valence-electron chi connectivity index (χ3n) is 5.44. The Morgan fingerprint density at radius 3 is 2.52 bits per heavy atom. The Balaban J connectivity index is 1.56. The molecular formula is C26H18F8N4OS. The minimum atomic E-state index is -4.87. The molecule has 40 heavy (non-hydrogen) atoms. The molecule has 0 bridgehead atoms. The van der Waals surface area contributed by atoms with Gasteiger partial charge in [-0.2, -0.15) is 31.4 Å². The van der Waals surface area contributed by atoms with Crippen molar-refractivity contribution in [1.82, 2.24) is 10.2 Å². The third-order valence-corrected chi connectivity index (χ3v) is 6.50. The quantitative estimate of drug-likeness (QED) is 0.160. The number of halogens is 8. The maximum atomic E-state index is 14.1. The number of alkyl halides is 6. The van der Waals surface area contributed by atoms with E-state index in [-0.39, 0.29) is 57.2 Å². The monoisotopic (exact) mass is 586 g/mol. The average Bonchev–Trinajstić information content (AvgIpc) is 3.33. The maximum Gasteiger partial charge on any atom is 0.417 e. The molecule has 1 aromatic heterocycles. The number of hydrogen-bond acceptors (Lipinski definition) is 6. The Morgan fingerprint density at radius 2 is 1.82 bits per heavy atom. The van der Waals surface area contributed by atoms with Crippen LogP contribution in [0.3, 0.4) is 0 Å². The number of hydrogen-bond donors (Lipinski definition) is 0. The molecule has 0 atom stereocenters. The Kier molecular flexibility index (Phi) is 8.19. The van der Waals surface area contributed by atoms with Crippen LogP contribution in [0.4, 0.5) is 35.1 Å². The first-order chi connectivity index (χ1) is 18.7. The topological polar surface area (TPSA) is 54.0 Å². The largest absolute Gasteiger partial charge is 0.417 e. The fourth-order valence-electron chi connectivity index (χ4n) is 3.59. The molecule has 0 spiro atoms. The van der Waals surface area contributed by atoms with Gasteiger partial charge in [0.05, 0.1) is 29.4 Å². The van der Waals surface area contributed by atoms with E-state index in [0.717, 1.165) is 18.2 Å². The summed E-state index contributed by atoms with van der Waals surface area (Å²) in [7, 11) is 0. The van der Waals surface area contributed by atoms with Crippen molar-refractivity contribution in [3.63, 3.8) is 0 Å². The molecule has 2 aromatic carbocycles. The first kappa shape index (κ1) is 29.1. The zero-order chi connectivity index (χ0) is 29.2. The lowest BCUT2D eigenvalue weighted by atomic mass is 10.0. The van der Waals surface area contributed by atoms with Crippen LogP contribution >= 0.6 is 11.8 Å². The summed E-state index contributed by atoms with van der Waals surface area (Å²) in [5, 5.41) is 9.15. The predicted octanol–water partition coefficient (Wildman–Crippen LogP) is 8.00. The molecular weight excluding hydrogens is 568 g/mol. The summed E-state index contributed by atoms with van der Waals surface area (Å²) < 4.78 is 112. The van der Waals surface area contributed by atoms with Crippen molar-refractivity contribution >= 4 is 23.7 Å². The zero-order valence-corrected chi connectivity index (χ0v) is 21.3. The molecule has 14 heteroatoms. The van der Waals surface area contributed by atoms with Crippen LogP contribution in [0.5, 0.6) is 0 Å². The summed E-state index contributed by atoms with van der Waals surface area (Å²) >= 11 is 0.239. The molecule has 1 aliphatic rings. The van der Waals surface area contributed by atoms with Crippen LogP contribution in [0.15, 0.2) is 86.0 Å². The Morgan fingerprint density at radius 1 is 1.07 bits per heavy atom. The van der Waals surface area contributed by atoms with Crippen molar-refractivity contribution in [2.45, 2.75) is 30.7 Å². The minimum absolute atomic E-state index is 0.0501. The molecule has 0 N–H and O–H groups in total. The molecule has 2 heterocycles. The smallest absolute Gasteiger partial charge is 0.359 e. The van der Waals surface area contributed by atoms with E-state index in [0.29, 0.717) is 11.6 Å². The molecule has 0 radical (unpaired) electrons. The molecule has 0 saturated carbocycles. The van der Waals surface area contributed by atoms with Crippen LogP contribution in [-0.4, -0.2) is 34.0 Å². The van der Waals surface area contributed by atoms with Gasteiger partial charge in [-0.3, -0.25) is 10.0 Å². The zero-order valence-electron chi connectivity index (χ0n) is 20.4. The van der Waals surface area contributed by atoms with Gasteiger partial charge in [-0.15, -0.1) is 11.8 Å². The fraction of sp³-hybridized carbons (Fsp3) is 0.192. The normalized spacial score (nSPS) is 14.6. The van der Waals surface area contributed by atoms with Crippen molar-refractivity contribution < 1.29 is 39.6 Å². The lowest BCUT2D eigenvalue weighted by Crippen LogP contribution is -2.15. The van der Waals surface area contributed by atoms with Gasteiger partial charge in [-0.25, -0.2) is 8.78 Å². The SMILES string of the molecule is C=C1C=NN(Cc2cc(-c3ccc(SCC(F)(F)F)cc3C(F)(F)F)no2)C=C1N=C(C)c1cccc(F)c1F. The molecule has 0 saturated heterocycles. The van der Waals surface area contributed by atoms with Crippen molar-refractivity contribution in [2.24, 2.45) is 10.1 Å². The molecule has 1 aliphatic heterocycles. The van der Waals surface area contributed by atoms with Gasteiger partial charge >= 0.3 is 12.4 Å². The van der Waals surface area contributed by atoms with Crippen LogP contribution in [-0.2, 0) is 12.7 Å². The molecule has 0 amide bonds. The Labute approximate surface area is 226 Å². The first-order valence-electron chi connectivity index (χ1n) is 11.3. The summed E-state index contributed by atoms with van der Waals surface area (Å²) in [5.74, 6) is -3.32. The second kappa shape index (κ2) is 11.3. The van der Waals surface area contributed by atoms with Crippen molar-refractivity contribution in [2.75, 3.05) is 5.75 Å². The van der Waals surface area contributed by atoms with E-state index in [4.69, 9.17) is 4.52 Å². The van der Waals surface area contributed by atoms with Gasteiger partial charge < -0.3 is 4.52 Å². The van der Waals surface area contributed by atoms with E-state index in [1.807, 2.05) is 0 Å². The van der Waals surface area contributed by atoms with E-state index in [9.17, 15) is 35.1 Å². The number of aliphatic imine (C=N–C) groups is 1. The van der Waals surface area contributed by atoms with Gasteiger partial charge in [0, 0.05) is 33.4 Å². The second-order valence-electron chi connectivity index (χ2n) is 8.47. The Bertz CT molecular complexity index is 1520. The molecule has 0 aliphatic carbocycles. The lowest BCUT2D eigenvalue weighted by Gasteiger charge is -2.18. The van der Waals surface area contributed by atoms with E-state index in [1.54, 1.807) is 0 Å². The molecule has 0 fully saturated rings. The van der Waals surface area contributed by atoms with Crippen molar-refractivity contribution in [3.05, 3.63) is 95.0 Å². The van der Waals surface area contributed by atoms with Crippen molar-refractivity contribution in [3.8, 4) is 11.3 Å². The van der Waals surface area contributed by atoms with Gasteiger partial charge in [-0.05, 0) is 31.2 Å². The summed E-state index contributed by atoms with van der Waals surface area (Å²) in [4.78, 5) is 4.10.